The van der Waals surface area contributed by atoms with Crippen LogP contribution in [-0.2, 0) is 0 Å². The van der Waals surface area contributed by atoms with Crippen LogP contribution in [0.2, 0.25) is 0 Å². The van der Waals surface area contributed by atoms with Crippen LogP contribution >= 0.6 is 0 Å². The van der Waals surface area contributed by atoms with Crippen molar-refractivity contribution in [2.75, 3.05) is 10.3 Å². The van der Waals surface area contributed by atoms with Gasteiger partial charge in [0.05, 0.1) is 5.69 Å². The average molecular weight is 341 g/mol. The van der Waals surface area contributed by atoms with Gasteiger partial charge in [-0.15, -0.1) is 0 Å². The van der Waals surface area contributed by atoms with E-state index in [1.807, 2.05) is 0 Å². The molecule has 2 aromatic rings. The van der Waals surface area contributed by atoms with Crippen molar-refractivity contribution >= 4 is 17.1 Å². The first-order valence-corrected chi connectivity index (χ1v) is 7.05. The summed E-state index contributed by atoms with van der Waals surface area (Å²) in [5.74, 6) is -1.80. The van der Waals surface area contributed by atoms with Crippen molar-refractivity contribution in [3.05, 3.63) is 60.2 Å². The van der Waals surface area contributed by atoms with E-state index in [1.165, 1.54) is 0 Å². The van der Waals surface area contributed by atoms with Gasteiger partial charge in [0, 0.05) is 18.2 Å². The number of anilines is 2. The third-order valence-electron chi connectivity index (χ3n) is 3.50. The Morgan fingerprint density at radius 1 is 1.04 bits per heavy atom. The predicted molar refractivity (Wildman–Crippen MR) is 80.8 cm³/mol. The Labute approximate surface area is 134 Å². The highest BCUT2D eigenvalue weighted by Crippen LogP contribution is 2.33. The molecule has 8 heteroatoms. The quantitative estimate of drug-likeness (QED) is 0.831. The highest BCUT2D eigenvalue weighted by Gasteiger charge is 2.43. The number of hydrazone groups is 1. The number of hydrogen-bond donors (Lipinski definition) is 1. The van der Waals surface area contributed by atoms with Gasteiger partial charge in [0.15, 0.2) is 5.82 Å². The zero-order valence-electron chi connectivity index (χ0n) is 12.2. The lowest BCUT2D eigenvalue weighted by Crippen LogP contribution is -2.35. The van der Waals surface area contributed by atoms with Crippen LogP contribution < -0.4 is 10.3 Å². The molecule has 0 bridgehead atoms. The third kappa shape index (κ3) is 3.32. The van der Waals surface area contributed by atoms with E-state index in [1.54, 1.807) is 30.3 Å². The van der Waals surface area contributed by atoms with E-state index in [2.05, 4.69) is 10.4 Å². The summed E-state index contributed by atoms with van der Waals surface area (Å²) in [6, 6.07) is 11.2. The van der Waals surface area contributed by atoms with Gasteiger partial charge in [-0.05, 0) is 24.3 Å². The fourth-order valence-corrected chi connectivity index (χ4v) is 2.41. The standard InChI is InChI=1S/C16H12F5N3/c17-10-6-7-13(12(18)8-10)24-15(9-14(23-24)16(19,20)21)22-11-4-2-1-3-5-11/h1-8,15,22H,9H2. The second-order valence-electron chi connectivity index (χ2n) is 5.22. The van der Waals surface area contributed by atoms with Gasteiger partial charge in [0.25, 0.3) is 0 Å². The molecule has 126 valence electrons. The lowest BCUT2D eigenvalue weighted by atomic mass is 10.2. The Kier molecular flexibility index (Phi) is 4.13. The monoisotopic (exact) mass is 341 g/mol. The van der Waals surface area contributed by atoms with E-state index in [0.29, 0.717) is 11.8 Å². The largest absolute Gasteiger partial charge is 0.431 e. The summed E-state index contributed by atoms with van der Waals surface area (Å²) in [4.78, 5) is 0. The van der Waals surface area contributed by atoms with Crippen molar-refractivity contribution in [1.29, 1.82) is 0 Å². The Balaban J connectivity index is 1.95. The number of benzene rings is 2. The van der Waals surface area contributed by atoms with Crippen molar-refractivity contribution in [3.8, 4) is 0 Å². The maximum absolute atomic E-state index is 14.0. The molecule has 0 aliphatic carbocycles. The summed E-state index contributed by atoms with van der Waals surface area (Å²) in [6.07, 6.45) is -6.03. The Hall–Kier alpha value is -2.64. The highest BCUT2D eigenvalue weighted by molar-refractivity contribution is 5.93. The van der Waals surface area contributed by atoms with Crippen LogP contribution in [0, 0.1) is 11.6 Å². The number of nitrogens with one attached hydrogen (secondary N) is 1. The van der Waals surface area contributed by atoms with Crippen molar-refractivity contribution < 1.29 is 22.0 Å². The van der Waals surface area contributed by atoms with Gasteiger partial charge in [0.2, 0.25) is 0 Å². The molecule has 1 heterocycles. The molecular formula is C16H12F5N3. The van der Waals surface area contributed by atoms with Crippen molar-refractivity contribution in [1.82, 2.24) is 0 Å². The Morgan fingerprint density at radius 2 is 1.75 bits per heavy atom. The van der Waals surface area contributed by atoms with E-state index in [0.717, 1.165) is 17.1 Å². The van der Waals surface area contributed by atoms with Gasteiger partial charge in [-0.1, -0.05) is 18.2 Å². The van der Waals surface area contributed by atoms with Crippen molar-refractivity contribution in [2.45, 2.75) is 18.8 Å². The molecule has 0 saturated carbocycles. The second kappa shape index (κ2) is 6.10. The summed E-state index contributed by atoms with van der Waals surface area (Å²) in [5.41, 5.74) is -0.697. The van der Waals surface area contributed by atoms with Crippen LogP contribution in [0.5, 0.6) is 0 Å². The number of alkyl halides is 3. The van der Waals surface area contributed by atoms with Gasteiger partial charge < -0.3 is 5.32 Å². The molecule has 24 heavy (non-hydrogen) atoms. The molecular weight excluding hydrogens is 329 g/mol. The molecule has 1 unspecified atom stereocenters. The van der Waals surface area contributed by atoms with Crippen LogP contribution in [0.3, 0.4) is 0 Å². The Morgan fingerprint density at radius 3 is 2.38 bits per heavy atom. The summed E-state index contributed by atoms with van der Waals surface area (Å²) in [6.45, 7) is 0. The van der Waals surface area contributed by atoms with Crippen LogP contribution in [0.15, 0.2) is 53.6 Å². The zero-order valence-corrected chi connectivity index (χ0v) is 12.2. The van der Waals surface area contributed by atoms with Crippen LogP contribution in [0.25, 0.3) is 0 Å². The van der Waals surface area contributed by atoms with Gasteiger partial charge in [0.1, 0.15) is 17.7 Å². The SMILES string of the molecule is Fc1ccc(N2N=C(C(F)(F)F)CC2Nc2ccccc2)c(F)c1. The first-order valence-electron chi connectivity index (χ1n) is 7.05. The second-order valence-corrected chi connectivity index (χ2v) is 5.22. The first kappa shape index (κ1) is 16.2. The number of rotatable bonds is 3. The molecule has 1 aliphatic rings. The number of para-hydroxylation sites is 1. The first-order chi connectivity index (χ1) is 11.3. The van der Waals surface area contributed by atoms with Gasteiger partial charge >= 0.3 is 6.18 Å². The molecule has 1 aliphatic heterocycles. The zero-order chi connectivity index (χ0) is 17.3. The fraction of sp³-hybridized carbons (Fsp3) is 0.188. The van der Waals surface area contributed by atoms with Gasteiger partial charge in [-0.25, -0.2) is 13.8 Å². The summed E-state index contributed by atoms with van der Waals surface area (Å²) >= 11 is 0. The van der Waals surface area contributed by atoms with E-state index >= 15 is 0 Å². The van der Waals surface area contributed by atoms with E-state index in [9.17, 15) is 22.0 Å². The smallest absolute Gasteiger partial charge is 0.363 e. The topological polar surface area (TPSA) is 27.6 Å². The highest BCUT2D eigenvalue weighted by atomic mass is 19.4. The molecule has 3 nitrogen and oxygen atoms in total. The molecule has 0 amide bonds. The summed E-state index contributed by atoms with van der Waals surface area (Å²) in [5, 5.41) is 7.28. The molecule has 0 fully saturated rings. The molecule has 3 rings (SSSR count). The minimum atomic E-state index is -4.62. The predicted octanol–water partition coefficient (Wildman–Crippen LogP) is 4.53. The molecule has 0 aromatic heterocycles. The van der Waals surface area contributed by atoms with Crippen LogP contribution in [0.4, 0.5) is 33.3 Å². The van der Waals surface area contributed by atoms with Crippen LogP contribution in [0.1, 0.15) is 6.42 Å². The molecule has 1 N–H and O–H groups in total. The number of halogens is 5. The van der Waals surface area contributed by atoms with E-state index in [4.69, 9.17) is 0 Å². The molecule has 0 radical (unpaired) electrons. The summed E-state index contributed by atoms with van der Waals surface area (Å²) in [7, 11) is 0. The van der Waals surface area contributed by atoms with E-state index in [-0.39, 0.29) is 5.69 Å². The van der Waals surface area contributed by atoms with Crippen molar-refractivity contribution in [2.24, 2.45) is 5.10 Å². The fourth-order valence-electron chi connectivity index (χ4n) is 2.41. The molecule has 0 spiro atoms. The minimum Gasteiger partial charge on any atom is -0.363 e. The maximum atomic E-state index is 14.0. The average Bonchev–Trinajstić information content (AvgIpc) is 2.92. The molecule has 1 atom stereocenters. The van der Waals surface area contributed by atoms with E-state index < -0.39 is 36.1 Å². The Bertz CT molecular complexity index is 758. The lowest BCUT2D eigenvalue weighted by Gasteiger charge is -2.25. The number of hydrogen-bond acceptors (Lipinski definition) is 3. The van der Waals surface area contributed by atoms with Gasteiger partial charge in [-0.2, -0.15) is 18.3 Å². The van der Waals surface area contributed by atoms with Gasteiger partial charge in [-0.3, -0.25) is 0 Å². The normalized spacial score (nSPS) is 17.8. The lowest BCUT2D eigenvalue weighted by molar-refractivity contribution is -0.0599. The van der Waals surface area contributed by atoms with Crippen LogP contribution in [-0.4, -0.2) is 18.1 Å². The van der Waals surface area contributed by atoms with Crippen molar-refractivity contribution in [3.63, 3.8) is 0 Å². The third-order valence-corrected chi connectivity index (χ3v) is 3.50. The maximum Gasteiger partial charge on any atom is 0.431 e. The minimum absolute atomic E-state index is 0.232. The number of nitrogens with zero attached hydrogens (tertiary/aromatic N) is 2. The molecule has 0 saturated heterocycles. The molecule has 2 aromatic carbocycles. The summed E-state index contributed by atoms with van der Waals surface area (Å²) < 4.78 is 66.0.